The summed E-state index contributed by atoms with van der Waals surface area (Å²) >= 11 is 9.54. The smallest absolute Gasteiger partial charge is 0.252 e. The molecule has 4 nitrogen and oxygen atoms in total. The van der Waals surface area contributed by atoms with Crippen LogP contribution in [0.4, 0.5) is 5.69 Å². The molecule has 0 radical (unpaired) electrons. The molecule has 0 unspecified atom stereocenters. The van der Waals surface area contributed by atoms with Gasteiger partial charge in [-0.2, -0.15) is 0 Å². The summed E-state index contributed by atoms with van der Waals surface area (Å²) in [6.07, 6.45) is 3.68. The standard InChI is InChI=1S/C15H16BrClN2O2/c16-11-4-3-10(17)9-12(11)19-8-5-13(20)18-15(14(19)21)6-1-2-7-15/h3-4,9H,1-2,5-8H2,(H,18,20). The fourth-order valence-electron chi connectivity index (χ4n) is 3.20. The molecule has 1 spiro atoms. The first kappa shape index (κ1) is 14.9. The maximum absolute atomic E-state index is 13.0. The minimum absolute atomic E-state index is 0.0196. The molecule has 2 aliphatic rings. The maximum Gasteiger partial charge on any atom is 0.252 e. The predicted octanol–water partition coefficient (Wildman–Crippen LogP) is 3.27. The third-order valence-corrected chi connectivity index (χ3v) is 5.16. The van der Waals surface area contributed by atoms with E-state index in [0.29, 0.717) is 30.8 Å². The molecule has 2 fully saturated rings. The van der Waals surface area contributed by atoms with Crippen molar-refractivity contribution in [2.45, 2.75) is 37.6 Å². The number of hydrogen-bond acceptors (Lipinski definition) is 2. The molecule has 2 amide bonds. The van der Waals surface area contributed by atoms with Gasteiger partial charge in [0.1, 0.15) is 5.54 Å². The zero-order valence-corrected chi connectivity index (χ0v) is 13.8. The topological polar surface area (TPSA) is 49.4 Å². The van der Waals surface area contributed by atoms with Crippen molar-refractivity contribution in [3.05, 3.63) is 27.7 Å². The van der Waals surface area contributed by atoms with Gasteiger partial charge in [-0.25, -0.2) is 0 Å². The Balaban J connectivity index is 2.02. The Labute approximate surface area is 137 Å². The number of benzene rings is 1. The van der Waals surface area contributed by atoms with Crippen LogP contribution in [0.25, 0.3) is 0 Å². The molecular formula is C15H16BrClN2O2. The van der Waals surface area contributed by atoms with Gasteiger partial charge < -0.3 is 10.2 Å². The van der Waals surface area contributed by atoms with Gasteiger partial charge in [0.25, 0.3) is 5.91 Å². The second-order valence-corrected chi connectivity index (χ2v) is 6.93. The molecule has 112 valence electrons. The van der Waals surface area contributed by atoms with Crippen molar-refractivity contribution >= 4 is 45.0 Å². The molecule has 21 heavy (non-hydrogen) atoms. The Morgan fingerprint density at radius 1 is 1.24 bits per heavy atom. The average Bonchev–Trinajstić information content (AvgIpc) is 2.87. The second kappa shape index (κ2) is 5.61. The fourth-order valence-corrected chi connectivity index (χ4v) is 3.82. The lowest BCUT2D eigenvalue weighted by atomic mass is 9.95. The monoisotopic (exact) mass is 370 g/mol. The first-order chi connectivity index (χ1) is 10.0. The summed E-state index contributed by atoms with van der Waals surface area (Å²) in [6, 6.07) is 5.36. The van der Waals surface area contributed by atoms with E-state index in [9.17, 15) is 9.59 Å². The van der Waals surface area contributed by atoms with Crippen molar-refractivity contribution in [3.8, 4) is 0 Å². The van der Waals surface area contributed by atoms with E-state index >= 15 is 0 Å². The van der Waals surface area contributed by atoms with Crippen molar-refractivity contribution in [1.29, 1.82) is 0 Å². The summed E-state index contributed by atoms with van der Waals surface area (Å²) in [5.41, 5.74) is 0.00489. The van der Waals surface area contributed by atoms with Crippen LogP contribution in [-0.4, -0.2) is 23.9 Å². The molecule has 1 aromatic carbocycles. The summed E-state index contributed by atoms with van der Waals surface area (Å²) in [5, 5.41) is 3.53. The van der Waals surface area contributed by atoms with Crippen LogP contribution >= 0.6 is 27.5 Å². The molecule has 1 aliphatic heterocycles. The number of carbonyl (C=O) groups is 2. The number of anilines is 1. The molecule has 6 heteroatoms. The molecule has 1 saturated carbocycles. The normalized spacial score (nSPS) is 21.5. The Bertz CT molecular complexity index is 599. The lowest BCUT2D eigenvalue weighted by Crippen LogP contribution is -2.55. The van der Waals surface area contributed by atoms with Gasteiger partial charge in [-0.3, -0.25) is 9.59 Å². The van der Waals surface area contributed by atoms with Crippen LogP contribution in [0, 0.1) is 0 Å². The molecule has 1 aliphatic carbocycles. The van der Waals surface area contributed by atoms with Crippen molar-refractivity contribution < 1.29 is 9.59 Å². The summed E-state index contributed by atoms with van der Waals surface area (Å²) in [7, 11) is 0. The molecule has 3 rings (SSSR count). The molecule has 1 saturated heterocycles. The van der Waals surface area contributed by atoms with Gasteiger partial charge in [0, 0.05) is 22.5 Å². The van der Waals surface area contributed by atoms with Gasteiger partial charge in [0.05, 0.1) is 5.69 Å². The van der Waals surface area contributed by atoms with Crippen LogP contribution in [0.2, 0.25) is 5.02 Å². The number of nitrogens with one attached hydrogen (secondary N) is 1. The minimum atomic E-state index is -0.727. The Kier molecular flexibility index (Phi) is 3.97. The van der Waals surface area contributed by atoms with Crippen LogP contribution in [0.5, 0.6) is 0 Å². The zero-order chi connectivity index (χ0) is 15.0. The van der Waals surface area contributed by atoms with Crippen molar-refractivity contribution in [2.24, 2.45) is 0 Å². The van der Waals surface area contributed by atoms with E-state index in [0.717, 1.165) is 23.0 Å². The summed E-state index contributed by atoms with van der Waals surface area (Å²) in [5.74, 6) is -0.0697. The quantitative estimate of drug-likeness (QED) is 0.823. The first-order valence-corrected chi connectivity index (χ1v) is 8.27. The zero-order valence-electron chi connectivity index (χ0n) is 11.5. The minimum Gasteiger partial charge on any atom is -0.342 e. The molecule has 1 aromatic rings. The van der Waals surface area contributed by atoms with Crippen LogP contribution in [0.3, 0.4) is 0 Å². The van der Waals surface area contributed by atoms with E-state index in [1.54, 1.807) is 17.0 Å². The first-order valence-electron chi connectivity index (χ1n) is 7.10. The van der Waals surface area contributed by atoms with Crippen molar-refractivity contribution in [2.75, 3.05) is 11.4 Å². The van der Waals surface area contributed by atoms with E-state index in [2.05, 4.69) is 21.2 Å². The largest absolute Gasteiger partial charge is 0.342 e. The lowest BCUT2D eigenvalue weighted by Gasteiger charge is -2.32. The highest BCUT2D eigenvalue weighted by Gasteiger charge is 2.47. The van der Waals surface area contributed by atoms with Crippen LogP contribution in [0.1, 0.15) is 32.1 Å². The highest BCUT2D eigenvalue weighted by molar-refractivity contribution is 9.10. The third-order valence-electron chi connectivity index (χ3n) is 4.25. The van der Waals surface area contributed by atoms with Crippen LogP contribution in [0.15, 0.2) is 22.7 Å². The van der Waals surface area contributed by atoms with E-state index in [1.165, 1.54) is 0 Å². The number of halogens is 2. The number of hydrogen-bond donors (Lipinski definition) is 1. The van der Waals surface area contributed by atoms with Gasteiger partial charge in [-0.15, -0.1) is 0 Å². The number of carbonyl (C=O) groups excluding carboxylic acids is 2. The van der Waals surface area contributed by atoms with Gasteiger partial charge in [-0.1, -0.05) is 24.4 Å². The molecule has 1 heterocycles. The number of rotatable bonds is 1. The van der Waals surface area contributed by atoms with Gasteiger partial charge in [-0.05, 0) is 47.0 Å². The summed E-state index contributed by atoms with van der Waals surface area (Å²) in [4.78, 5) is 26.7. The van der Waals surface area contributed by atoms with E-state index < -0.39 is 5.54 Å². The SMILES string of the molecule is O=C1CCN(c2cc(Cl)ccc2Br)C(=O)C2(CCCC2)N1. The highest BCUT2D eigenvalue weighted by Crippen LogP contribution is 2.37. The molecular weight excluding hydrogens is 356 g/mol. The van der Waals surface area contributed by atoms with E-state index in [4.69, 9.17) is 11.6 Å². The lowest BCUT2D eigenvalue weighted by molar-refractivity contribution is -0.129. The van der Waals surface area contributed by atoms with Crippen molar-refractivity contribution in [1.82, 2.24) is 5.32 Å². The highest BCUT2D eigenvalue weighted by atomic mass is 79.9. The Morgan fingerprint density at radius 2 is 1.95 bits per heavy atom. The van der Waals surface area contributed by atoms with Gasteiger partial charge in [0.15, 0.2) is 0 Å². The Morgan fingerprint density at radius 3 is 2.67 bits per heavy atom. The van der Waals surface area contributed by atoms with Gasteiger partial charge >= 0.3 is 0 Å². The van der Waals surface area contributed by atoms with E-state index in [1.807, 2.05) is 6.07 Å². The van der Waals surface area contributed by atoms with Crippen molar-refractivity contribution in [3.63, 3.8) is 0 Å². The van der Waals surface area contributed by atoms with Crippen LogP contribution in [-0.2, 0) is 9.59 Å². The molecule has 1 N–H and O–H groups in total. The fraction of sp³-hybridized carbons (Fsp3) is 0.467. The Hall–Kier alpha value is -1.07. The third kappa shape index (κ3) is 2.69. The molecule has 0 atom stereocenters. The molecule has 0 bridgehead atoms. The van der Waals surface area contributed by atoms with Crippen LogP contribution < -0.4 is 10.2 Å². The maximum atomic E-state index is 13.0. The molecule has 0 aromatic heterocycles. The summed E-state index contributed by atoms with van der Waals surface area (Å²) < 4.78 is 0.808. The number of nitrogens with zero attached hydrogens (tertiary/aromatic N) is 1. The number of amides is 2. The van der Waals surface area contributed by atoms with E-state index in [-0.39, 0.29) is 11.8 Å². The van der Waals surface area contributed by atoms with Gasteiger partial charge in [0.2, 0.25) is 5.91 Å². The summed E-state index contributed by atoms with van der Waals surface area (Å²) in [6.45, 7) is 0.380. The second-order valence-electron chi connectivity index (χ2n) is 5.64. The predicted molar refractivity (Wildman–Crippen MR) is 85.5 cm³/mol. The average molecular weight is 372 g/mol.